The first kappa shape index (κ1) is 36.2. The predicted molar refractivity (Wildman–Crippen MR) is 195 cm³/mol. The molecule has 0 unspecified atom stereocenters. The van der Waals surface area contributed by atoms with Crippen molar-refractivity contribution in [3.8, 4) is 5.75 Å². The lowest BCUT2D eigenvalue weighted by Crippen LogP contribution is -2.55. The van der Waals surface area contributed by atoms with Crippen LogP contribution in [-0.4, -0.2) is 50.4 Å². The first-order chi connectivity index (χ1) is 23.7. The molecule has 0 bridgehead atoms. The van der Waals surface area contributed by atoms with Crippen molar-refractivity contribution in [1.29, 1.82) is 0 Å². The molecule has 1 aliphatic carbocycles. The van der Waals surface area contributed by atoms with E-state index < -0.39 is 28.5 Å². The van der Waals surface area contributed by atoms with Crippen LogP contribution < -0.4 is 14.4 Å². The number of anilines is 1. The first-order valence-corrected chi connectivity index (χ1v) is 18.7. The molecule has 1 saturated carbocycles. The minimum absolute atomic E-state index is 0.00526. The van der Waals surface area contributed by atoms with Gasteiger partial charge < -0.3 is 15.0 Å². The molecule has 8 nitrogen and oxygen atoms in total. The zero-order chi connectivity index (χ0) is 34.8. The number of amides is 2. The van der Waals surface area contributed by atoms with Crippen molar-refractivity contribution in [2.24, 2.45) is 0 Å². The molecule has 0 aromatic heterocycles. The Morgan fingerprint density at radius 1 is 0.837 bits per heavy atom. The fourth-order valence-corrected chi connectivity index (χ4v) is 8.09. The van der Waals surface area contributed by atoms with Gasteiger partial charge in [-0.05, 0) is 61.7 Å². The Bertz CT molecular complexity index is 1800. The number of nitrogens with zero attached hydrogens (tertiary/aromatic N) is 2. The van der Waals surface area contributed by atoms with Gasteiger partial charge in [0, 0.05) is 34.6 Å². The average molecular weight is 723 g/mol. The Balaban J connectivity index is 1.61. The second-order valence-electron chi connectivity index (χ2n) is 12.0. The smallest absolute Gasteiger partial charge is 0.264 e. The van der Waals surface area contributed by atoms with E-state index in [9.17, 15) is 18.0 Å². The standard InChI is InChI=1S/C38H41Cl2N3O5S/c1-2-48-36-24-13-12-23-34(36)43(49(46,47)30-19-10-5-11-20-30)27-37(44)42(26-31-32(39)21-14-22-33(31)40)35(25-28-15-6-3-7-16-28)38(45)41-29-17-8-4-9-18-29/h3,5-7,10-16,19-24,29,35H,2,4,8-9,17-18,25-27H2,1H3,(H,41,45)/t35-/m1/s1. The lowest BCUT2D eigenvalue weighted by Gasteiger charge is -2.35. The van der Waals surface area contributed by atoms with Crippen LogP contribution in [0.2, 0.25) is 10.0 Å². The van der Waals surface area contributed by atoms with Gasteiger partial charge in [0.15, 0.2) is 0 Å². The predicted octanol–water partition coefficient (Wildman–Crippen LogP) is 7.68. The minimum atomic E-state index is -4.29. The third kappa shape index (κ3) is 9.15. The van der Waals surface area contributed by atoms with Crippen molar-refractivity contribution in [1.82, 2.24) is 10.2 Å². The number of hydrogen-bond donors (Lipinski definition) is 1. The number of para-hydroxylation sites is 2. The number of nitrogens with one attached hydrogen (secondary N) is 1. The molecule has 0 heterocycles. The molecule has 1 atom stereocenters. The molecular weight excluding hydrogens is 681 g/mol. The molecule has 0 aliphatic heterocycles. The largest absolute Gasteiger partial charge is 0.492 e. The van der Waals surface area contributed by atoms with Crippen LogP contribution in [0, 0.1) is 0 Å². The number of hydrogen-bond acceptors (Lipinski definition) is 5. The molecule has 1 N–H and O–H groups in total. The highest BCUT2D eigenvalue weighted by atomic mass is 35.5. The van der Waals surface area contributed by atoms with Crippen molar-refractivity contribution >= 4 is 50.7 Å². The van der Waals surface area contributed by atoms with E-state index in [0.717, 1.165) is 42.0 Å². The zero-order valence-electron chi connectivity index (χ0n) is 27.4. The molecule has 11 heteroatoms. The first-order valence-electron chi connectivity index (χ1n) is 16.5. The van der Waals surface area contributed by atoms with Crippen molar-refractivity contribution in [2.75, 3.05) is 17.5 Å². The van der Waals surface area contributed by atoms with Gasteiger partial charge >= 0.3 is 0 Å². The SMILES string of the molecule is CCOc1ccccc1N(CC(=O)N(Cc1c(Cl)cccc1Cl)[C@H](Cc1ccccc1)C(=O)NC1CCCCC1)S(=O)(=O)c1ccccc1. The summed E-state index contributed by atoms with van der Waals surface area (Å²) >= 11 is 13.3. The van der Waals surface area contributed by atoms with Gasteiger partial charge in [0.1, 0.15) is 18.3 Å². The van der Waals surface area contributed by atoms with E-state index >= 15 is 0 Å². The molecule has 2 amide bonds. The normalized spacial score (nSPS) is 14.1. The average Bonchev–Trinajstić information content (AvgIpc) is 3.11. The number of rotatable bonds is 14. The van der Waals surface area contributed by atoms with Gasteiger partial charge in [0.2, 0.25) is 11.8 Å². The summed E-state index contributed by atoms with van der Waals surface area (Å²) < 4.78 is 35.6. The zero-order valence-corrected chi connectivity index (χ0v) is 29.8. The number of ether oxygens (including phenoxy) is 1. The van der Waals surface area contributed by atoms with Crippen LogP contribution in [-0.2, 0) is 32.6 Å². The van der Waals surface area contributed by atoms with Gasteiger partial charge in [0.25, 0.3) is 10.0 Å². The Kier molecular flexibility index (Phi) is 12.6. The third-order valence-electron chi connectivity index (χ3n) is 8.66. The molecule has 0 spiro atoms. The molecule has 0 radical (unpaired) electrons. The van der Waals surface area contributed by atoms with Crippen LogP contribution in [0.3, 0.4) is 0 Å². The minimum Gasteiger partial charge on any atom is -0.492 e. The van der Waals surface area contributed by atoms with Crippen molar-refractivity contribution < 1.29 is 22.7 Å². The van der Waals surface area contributed by atoms with Crippen LogP contribution in [0.4, 0.5) is 5.69 Å². The van der Waals surface area contributed by atoms with E-state index in [1.807, 2.05) is 30.3 Å². The Labute approximate surface area is 299 Å². The third-order valence-corrected chi connectivity index (χ3v) is 11.1. The van der Waals surface area contributed by atoms with E-state index in [2.05, 4.69) is 5.32 Å². The molecule has 1 aliphatic rings. The fourth-order valence-electron chi connectivity index (χ4n) is 6.13. The highest BCUT2D eigenvalue weighted by Gasteiger charge is 2.36. The second kappa shape index (κ2) is 17.1. The summed E-state index contributed by atoms with van der Waals surface area (Å²) in [5, 5.41) is 3.86. The summed E-state index contributed by atoms with van der Waals surface area (Å²) in [4.78, 5) is 30.6. The second-order valence-corrected chi connectivity index (χ2v) is 14.7. The lowest BCUT2D eigenvalue weighted by atomic mass is 9.94. The quantitative estimate of drug-likeness (QED) is 0.144. The van der Waals surface area contributed by atoms with E-state index in [-0.39, 0.29) is 42.1 Å². The van der Waals surface area contributed by atoms with Gasteiger partial charge in [-0.1, -0.05) is 109 Å². The summed E-state index contributed by atoms with van der Waals surface area (Å²) in [5.41, 5.74) is 1.49. The molecule has 4 aromatic carbocycles. The fraction of sp³-hybridized carbons (Fsp3) is 0.316. The topological polar surface area (TPSA) is 96.0 Å². The van der Waals surface area contributed by atoms with Crippen LogP contribution in [0.5, 0.6) is 5.75 Å². The van der Waals surface area contributed by atoms with Gasteiger partial charge in [-0.2, -0.15) is 0 Å². The highest BCUT2D eigenvalue weighted by Crippen LogP contribution is 2.34. The number of halogens is 2. The molecular formula is C38H41Cl2N3O5S. The maximum Gasteiger partial charge on any atom is 0.264 e. The summed E-state index contributed by atoms with van der Waals surface area (Å²) in [6.45, 7) is 1.33. The Morgan fingerprint density at radius 3 is 2.10 bits per heavy atom. The van der Waals surface area contributed by atoms with Crippen LogP contribution in [0.15, 0.2) is 108 Å². The monoisotopic (exact) mass is 721 g/mol. The number of benzene rings is 4. The maximum atomic E-state index is 14.8. The van der Waals surface area contributed by atoms with E-state index in [4.69, 9.17) is 27.9 Å². The van der Waals surface area contributed by atoms with Gasteiger partial charge in [-0.25, -0.2) is 8.42 Å². The Morgan fingerprint density at radius 2 is 1.45 bits per heavy atom. The molecule has 5 rings (SSSR count). The van der Waals surface area contributed by atoms with Crippen molar-refractivity contribution in [3.05, 3.63) is 124 Å². The van der Waals surface area contributed by atoms with Crippen LogP contribution >= 0.6 is 23.2 Å². The van der Waals surface area contributed by atoms with E-state index in [0.29, 0.717) is 21.4 Å². The van der Waals surface area contributed by atoms with Gasteiger partial charge in [-0.15, -0.1) is 0 Å². The van der Waals surface area contributed by atoms with Crippen molar-refractivity contribution in [3.63, 3.8) is 0 Å². The highest BCUT2D eigenvalue weighted by molar-refractivity contribution is 7.92. The van der Waals surface area contributed by atoms with E-state index in [1.54, 1.807) is 67.6 Å². The molecule has 0 saturated heterocycles. The lowest BCUT2D eigenvalue weighted by molar-refractivity contribution is -0.140. The number of carbonyl (C=O) groups is 2. The van der Waals surface area contributed by atoms with Crippen molar-refractivity contribution in [2.45, 2.75) is 69.0 Å². The van der Waals surface area contributed by atoms with Gasteiger partial charge in [0.05, 0.1) is 17.2 Å². The van der Waals surface area contributed by atoms with Crippen LogP contribution in [0.25, 0.3) is 0 Å². The number of carbonyl (C=O) groups excluding carboxylic acids is 2. The van der Waals surface area contributed by atoms with E-state index in [1.165, 1.54) is 17.0 Å². The molecule has 258 valence electrons. The summed E-state index contributed by atoms with van der Waals surface area (Å²) in [7, 11) is -4.29. The molecule has 49 heavy (non-hydrogen) atoms. The van der Waals surface area contributed by atoms with Crippen LogP contribution in [0.1, 0.15) is 50.2 Å². The Hall–Kier alpha value is -4.05. The number of sulfonamides is 1. The molecule has 4 aromatic rings. The summed E-state index contributed by atoms with van der Waals surface area (Å²) in [6.07, 6.45) is 5.03. The summed E-state index contributed by atoms with van der Waals surface area (Å²) in [5.74, 6) is -0.630. The molecule has 1 fully saturated rings. The van der Waals surface area contributed by atoms with Gasteiger partial charge in [-0.3, -0.25) is 13.9 Å². The summed E-state index contributed by atoms with van der Waals surface area (Å²) in [6, 6.07) is 28.1. The maximum absolute atomic E-state index is 14.8.